The van der Waals surface area contributed by atoms with Gasteiger partial charge >= 0.3 is 0 Å². The normalized spacial score (nSPS) is 10.6. The third-order valence-corrected chi connectivity index (χ3v) is 3.23. The molecule has 0 unspecified atom stereocenters. The molecule has 0 saturated carbocycles. The van der Waals surface area contributed by atoms with E-state index in [0.29, 0.717) is 0 Å². The van der Waals surface area contributed by atoms with E-state index in [-0.39, 0.29) is 0 Å². The maximum Gasteiger partial charge on any atom is -0.0279 e. The number of aryl methyl sites for hydroxylation is 1. The molecule has 0 aliphatic heterocycles. The van der Waals surface area contributed by atoms with Crippen LogP contribution in [-0.2, 0) is 6.42 Å². The second-order valence-corrected chi connectivity index (χ2v) is 4.87. The van der Waals surface area contributed by atoms with Gasteiger partial charge in [-0.3, -0.25) is 0 Å². The average molecular weight is 231 g/mol. The Morgan fingerprint density at radius 1 is 0.824 bits per heavy atom. The van der Waals surface area contributed by atoms with Gasteiger partial charge in [-0.2, -0.15) is 0 Å². The van der Waals surface area contributed by atoms with Crippen molar-refractivity contribution in [3.05, 3.63) is 42.3 Å². The molecule has 0 aromatic heterocycles. The molecule has 95 valence electrons. The minimum absolute atomic E-state index is 1.24. The number of hydrogen-bond acceptors (Lipinski definition) is 0. The van der Waals surface area contributed by atoms with Crippen LogP contribution in [0.3, 0.4) is 0 Å². The molecule has 0 heteroatoms. The third kappa shape index (κ3) is 8.01. The Hall–Kier alpha value is -0.780. The number of benzene rings is 1. The Bertz CT molecular complexity index is 250. The van der Waals surface area contributed by atoms with Gasteiger partial charge in [-0.05, 0) is 24.8 Å². The summed E-state index contributed by atoms with van der Waals surface area (Å²) in [7, 11) is 0. The fourth-order valence-electron chi connectivity index (χ4n) is 2.12. The first-order valence-corrected chi connectivity index (χ1v) is 7.29. The standard InChI is InChI=1S/C17H27/c1-2-3-4-5-6-7-8-9-11-14-17-15-12-10-13-16-17/h7,10,12-13,15-16H,2-6,8-9,11,14H2,1H3. The molecule has 0 saturated heterocycles. The van der Waals surface area contributed by atoms with Gasteiger partial charge in [0.1, 0.15) is 0 Å². The van der Waals surface area contributed by atoms with Crippen LogP contribution in [0.5, 0.6) is 0 Å². The first-order valence-electron chi connectivity index (χ1n) is 7.29. The van der Waals surface area contributed by atoms with E-state index in [1.54, 1.807) is 0 Å². The zero-order valence-corrected chi connectivity index (χ0v) is 11.3. The minimum atomic E-state index is 1.24. The molecule has 1 aromatic carbocycles. The number of hydrogen-bond donors (Lipinski definition) is 0. The van der Waals surface area contributed by atoms with Crippen LogP contribution >= 0.6 is 0 Å². The van der Waals surface area contributed by atoms with E-state index in [2.05, 4.69) is 43.7 Å². The second kappa shape index (κ2) is 10.4. The molecule has 1 rings (SSSR count). The van der Waals surface area contributed by atoms with Crippen molar-refractivity contribution < 1.29 is 0 Å². The van der Waals surface area contributed by atoms with Gasteiger partial charge < -0.3 is 0 Å². The summed E-state index contributed by atoms with van der Waals surface area (Å²) in [6.07, 6.45) is 14.6. The van der Waals surface area contributed by atoms with Crippen LogP contribution in [0.15, 0.2) is 30.3 Å². The molecule has 0 fully saturated rings. The number of rotatable bonds is 10. The van der Waals surface area contributed by atoms with Gasteiger partial charge in [-0.1, -0.05) is 82.2 Å². The fourth-order valence-corrected chi connectivity index (χ4v) is 2.12. The summed E-state index contributed by atoms with van der Waals surface area (Å²) in [6.45, 7) is 2.27. The first kappa shape index (κ1) is 14.3. The van der Waals surface area contributed by atoms with E-state index < -0.39 is 0 Å². The van der Waals surface area contributed by atoms with Crippen molar-refractivity contribution >= 4 is 0 Å². The molecule has 0 aliphatic carbocycles. The van der Waals surface area contributed by atoms with E-state index >= 15 is 0 Å². The summed E-state index contributed by atoms with van der Waals surface area (Å²) in [5.41, 5.74) is 1.48. The lowest BCUT2D eigenvalue weighted by atomic mass is 10.0. The Labute approximate surface area is 107 Å². The van der Waals surface area contributed by atoms with Crippen LogP contribution < -0.4 is 0 Å². The molecule has 17 heavy (non-hydrogen) atoms. The van der Waals surface area contributed by atoms with Gasteiger partial charge in [0.15, 0.2) is 0 Å². The highest BCUT2D eigenvalue weighted by atomic mass is 14.0. The lowest BCUT2D eigenvalue weighted by Crippen LogP contribution is -1.86. The van der Waals surface area contributed by atoms with Gasteiger partial charge in [0, 0.05) is 0 Å². The van der Waals surface area contributed by atoms with Crippen LogP contribution in [-0.4, -0.2) is 0 Å². The summed E-state index contributed by atoms with van der Waals surface area (Å²) in [5.74, 6) is 0. The van der Waals surface area contributed by atoms with Crippen LogP contribution in [0.4, 0.5) is 0 Å². The Morgan fingerprint density at radius 3 is 2.24 bits per heavy atom. The molecule has 0 N–H and O–H groups in total. The monoisotopic (exact) mass is 231 g/mol. The highest BCUT2D eigenvalue weighted by Gasteiger charge is 1.94. The Kier molecular flexibility index (Phi) is 8.72. The summed E-state index contributed by atoms with van der Waals surface area (Å²) >= 11 is 0. The third-order valence-electron chi connectivity index (χ3n) is 3.23. The van der Waals surface area contributed by atoms with Crippen molar-refractivity contribution in [1.29, 1.82) is 0 Å². The molecular weight excluding hydrogens is 204 g/mol. The smallest absolute Gasteiger partial charge is 0.0279 e. The lowest BCUT2D eigenvalue weighted by Gasteiger charge is -2.02. The summed E-state index contributed by atoms with van der Waals surface area (Å²) in [5, 5.41) is 0. The summed E-state index contributed by atoms with van der Waals surface area (Å²) in [6, 6.07) is 10.8. The molecule has 0 nitrogen and oxygen atoms in total. The minimum Gasteiger partial charge on any atom is -0.0654 e. The topological polar surface area (TPSA) is 0 Å². The molecule has 0 atom stereocenters. The molecule has 0 spiro atoms. The van der Waals surface area contributed by atoms with Gasteiger partial charge in [-0.15, -0.1) is 0 Å². The van der Waals surface area contributed by atoms with Crippen LogP contribution in [0.2, 0.25) is 0 Å². The van der Waals surface area contributed by atoms with E-state index in [1.807, 2.05) is 0 Å². The average Bonchev–Trinajstić information content (AvgIpc) is 2.38. The largest absolute Gasteiger partial charge is 0.0654 e. The van der Waals surface area contributed by atoms with Crippen molar-refractivity contribution in [2.24, 2.45) is 0 Å². The maximum atomic E-state index is 2.49. The molecule has 0 bridgehead atoms. The molecule has 1 radical (unpaired) electrons. The predicted molar refractivity (Wildman–Crippen MR) is 77.1 cm³/mol. The zero-order chi connectivity index (χ0) is 12.2. The van der Waals surface area contributed by atoms with Crippen molar-refractivity contribution in [3.8, 4) is 0 Å². The predicted octanol–water partition coefficient (Wildman–Crippen LogP) is 5.57. The van der Waals surface area contributed by atoms with Crippen LogP contribution in [0.25, 0.3) is 0 Å². The zero-order valence-electron chi connectivity index (χ0n) is 11.3. The van der Waals surface area contributed by atoms with Crippen molar-refractivity contribution in [3.63, 3.8) is 0 Å². The van der Waals surface area contributed by atoms with Crippen LogP contribution in [0, 0.1) is 6.42 Å². The van der Waals surface area contributed by atoms with Crippen molar-refractivity contribution in [2.75, 3.05) is 0 Å². The van der Waals surface area contributed by atoms with Gasteiger partial charge in [0.25, 0.3) is 0 Å². The Morgan fingerprint density at radius 2 is 1.53 bits per heavy atom. The SMILES string of the molecule is CCCCCC[CH]CCCCc1ccccc1. The van der Waals surface area contributed by atoms with E-state index in [9.17, 15) is 0 Å². The highest BCUT2D eigenvalue weighted by Crippen LogP contribution is 2.10. The highest BCUT2D eigenvalue weighted by molar-refractivity contribution is 5.14. The quantitative estimate of drug-likeness (QED) is 0.461. The van der Waals surface area contributed by atoms with E-state index in [0.717, 1.165) is 0 Å². The summed E-state index contributed by atoms with van der Waals surface area (Å²) < 4.78 is 0. The second-order valence-electron chi connectivity index (χ2n) is 4.87. The van der Waals surface area contributed by atoms with Gasteiger partial charge in [-0.25, -0.2) is 0 Å². The molecule has 0 aliphatic rings. The van der Waals surface area contributed by atoms with Gasteiger partial charge in [0.05, 0.1) is 0 Å². The fraction of sp³-hybridized carbons (Fsp3) is 0.588. The van der Waals surface area contributed by atoms with Gasteiger partial charge in [0.2, 0.25) is 0 Å². The van der Waals surface area contributed by atoms with Crippen LogP contribution in [0.1, 0.15) is 63.9 Å². The van der Waals surface area contributed by atoms with Crippen molar-refractivity contribution in [1.82, 2.24) is 0 Å². The molecule has 1 aromatic rings. The maximum absolute atomic E-state index is 2.49. The molecule has 0 amide bonds. The van der Waals surface area contributed by atoms with Crippen molar-refractivity contribution in [2.45, 2.75) is 64.7 Å². The van der Waals surface area contributed by atoms with E-state index in [4.69, 9.17) is 0 Å². The lowest BCUT2D eigenvalue weighted by molar-refractivity contribution is 0.636. The Balaban J connectivity index is 1.85. The summed E-state index contributed by atoms with van der Waals surface area (Å²) in [4.78, 5) is 0. The first-order chi connectivity index (χ1) is 8.43. The molecule has 0 heterocycles. The number of unbranched alkanes of at least 4 members (excludes halogenated alkanes) is 8. The molecular formula is C17H27. The van der Waals surface area contributed by atoms with E-state index in [1.165, 1.54) is 63.4 Å².